The van der Waals surface area contributed by atoms with E-state index in [-0.39, 0.29) is 6.54 Å². The molecule has 0 unspecified atom stereocenters. The lowest BCUT2D eigenvalue weighted by molar-refractivity contribution is 0.560. The Morgan fingerprint density at radius 2 is 2.12 bits per heavy atom. The maximum Gasteiger partial charge on any atom is 0.136 e. The van der Waals surface area contributed by atoms with Crippen molar-refractivity contribution >= 4 is 21.7 Å². The molecule has 2 N–H and O–H groups in total. The van der Waals surface area contributed by atoms with Crippen LogP contribution in [0.5, 0.6) is 0 Å². The van der Waals surface area contributed by atoms with Crippen LogP contribution in [0.15, 0.2) is 28.9 Å². The number of nitrogens with zero attached hydrogens (tertiary/aromatic N) is 2. The Kier molecular flexibility index (Phi) is 2.91. The van der Waals surface area contributed by atoms with Gasteiger partial charge in [0.05, 0.1) is 17.2 Å². The van der Waals surface area contributed by atoms with Crippen molar-refractivity contribution < 1.29 is 8.78 Å². The van der Waals surface area contributed by atoms with Gasteiger partial charge in [-0.05, 0) is 22.0 Å². The number of nitrogens with two attached hydrogens (primary N) is 1. The van der Waals surface area contributed by atoms with Gasteiger partial charge >= 0.3 is 0 Å². The van der Waals surface area contributed by atoms with Crippen LogP contribution in [0.1, 0.15) is 5.56 Å². The van der Waals surface area contributed by atoms with E-state index in [1.165, 1.54) is 23.0 Å². The van der Waals surface area contributed by atoms with Gasteiger partial charge < -0.3 is 5.73 Å². The van der Waals surface area contributed by atoms with Crippen LogP contribution in [-0.2, 0) is 6.54 Å². The normalized spacial score (nSPS) is 10.7. The first kappa shape index (κ1) is 11.1. The summed E-state index contributed by atoms with van der Waals surface area (Å²) in [5.41, 5.74) is 6.02. The second kappa shape index (κ2) is 4.21. The van der Waals surface area contributed by atoms with Gasteiger partial charge in [-0.1, -0.05) is 6.07 Å². The van der Waals surface area contributed by atoms with Crippen molar-refractivity contribution in [2.24, 2.45) is 0 Å². The summed E-state index contributed by atoms with van der Waals surface area (Å²) in [4.78, 5) is 0. The maximum absolute atomic E-state index is 13.3. The van der Waals surface area contributed by atoms with E-state index in [9.17, 15) is 8.78 Å². The SMILES string of the molecule is Nc1c(Br)cnn1Cc1ccc(F)cc1F. The molecule has 0 amide bonds. The topological polar surface area (TPSA) is 43.8 Å². The lowest BCUT2D eigenvalue weighted by Gasteiger charge is -2.05. The van der Waals surface area contributed by atoms with E-state index in [2.05, 4.69) is 21.0 Å². The first-order chi connectivity index (χ1) is 7.58. The smallest absolute Gasteiger partial charge is 0.136 e. The van der Waals surface area contributed by atoms with Gasteiger partial charge in [-0.2, -0.15) is 5.10 Å². The summed E-state index contributed by atoms with van der Waals surface area (Å²) < 4.78 is 28.1. The number of hydrogen-bond donors (Lipinski definition) is 1. The largest absolute Gasteiger partial charge is 0.383 e. The highest BCUT2D eigenvalue weighted by Crippen LogP contribution is 2.19. The Morgan fingerprint density at radius 1 is 1.38 bits per heavy atom. The zero-order chi connectivity index (χ0) is 11.7. The van der Waals surface area contributed by atoms with E-state index < -0.39 is 11.6 Å². The molecule has 0 aliphatic carbocycles. The van der Waals surface area contributed by atoms with Gasteiger partial charge in [-0.25, -0.2) is 13.5 Å². The highest BCUT2D eigenvalue weighted by Gasteiger charge is 2.08. The van der Waals surface area contributed by atoms with Crippen molar-refractivity contribution in [3.8, 4) is 0 Å². The molecule has 84 valence electrons. The zero-order valence-corrected chi connectivity index (χ0v) is 9.71. The Bertz CT molecular complexity index is 525. The van der Waals surface area contributed by atoms with Crippen LogP contribution in [0, 0.1) is 11.6 Å². The fourth-order valence-corrected chi connectivity index (χ4v) is 1.61. The molecule has 1 heterocycles. The number of anilines is 1. The number of aromatic nitrogens is 2. The summed E-state index contributed by atoms with van der Waals surface area (Å²) in [5.74, 6) is -0.800. The average molecular weight is 288 g/mol. The Labute approximate surface area is 99.0 Å². The van der Waals surface area contributed by atoms with Crippen molar-refractivity contribution in [1.82, 2.24) is 9.78 Å². The molecule has 16 heavy (non-hydrogen) atoms. The maximum atomic E-state index is 13.3. The fraction of sp³-hybridized carbons (Fsp3) is 0.100. The monoisotopic (exact) mass is 287 g/mol. The summed E-state index contributed by atoms with van der Waals surface area (Å²) in [5, 5.41) is 3.96. The molecule has 0 atom stereocenters. The van der Waals surface area contributed by atoms with Gasteiger partial charge in [0.15, 0.2) is 0 Å². The lowest BCUT2D eigenvalue weighted by Crippen LogP contribution is -2.07. The second-order valence-corrected chi connectivity index (χ2v) is 4.13. The first-order valence-corrected chi connectivity index (χ1v) is 5.28. The quantitative estimate of drug-likeness (QED) is 0.923. The van der Waals surface area contributed by atoms with Crippen LogP contribution >= 0.6 is 15.9 Å². The van der Waals surface area contributed by atoms with Gasteiger partial charge in [0.1, 0.15) is 17.5 Å². The van der Waals surface area contributed by atoms with Crippen molar-refractivity contribution in [3.05, 3.63) is 46.1 Å². The lowest BCUT2D eigenvalue weighted by atomic mass is 10.2. The summed E-state index contributed by atoms with van der Waals surface area (Å²) >= 11 is 3.20. The molecule has 2 rings (SSSR count). The van der Waals surface area contributed by atoms with Crippen LogP contribution in [0.25, 0.3) is 0 Å². The first-order valence-electron chi connectivity index (χ1n) is 4.48. The molecule has 0 radical (unpaired) electrons. The predicted octanol–water partition coefficient (Wildman–Crippen LogP) is 2.55. The molecule has 6 heteroatoms. The standard InChI is InChI=1S/C10H8BrF2N3/c11-8-4-15-16(10(8)14)5-6-1-2-7(12)3-9(6)13/h1-4H,5,14H2. The van der Waals surface area contributed by atoms with Gasteiger partial charge in [0.2, 0.25) is 0 Å². The zero-order valence-electron chi connectivity index (χ0n) is 8.12. The van der Waals surface area contributed by atoms with Crippen molar-refractivity contribution in [2.45, 2.75) is 6.54 Å². The summed E-state index contributed by atoms with van der Waals surface area (Å²) in [6, 6.07) is 3.41. The van der Waals surface area contributed by atoms with E-state index in [1.54, 1.807) is 0 Å². The third-order valence-corrected chi connectivity index (χ3v) is 2.78. The fourth-order valence-electron chi connectivity index (χ4n) is 1.31. The number of rotatable bonds is 2. The van der Waals surface area contributed by atoms with Crippen LogP contribution in [-0.4, -0.2) is 9.78 Å². The number of halogens is 3. The van der Waals surface area contributed by atoms with Gasteiger partial charge in [0, 0.05) is 11.6 Å². The molecule has 0 fully saturated rings. The molecular formula is C10H8BrF2N3. The molecule has 0 bridgehead atoms. The molecule has 1 aromatic heterocycles. The predicted molar refractivity (Wildman–Crippen MR) is 59.8 cm³/mol. The van der Waals surface area contributed by atoms with Gasteiger partial charge in [-0.15, -0.1) is 0 Å². The van der Waals surface area contributed by atoms with Gasteiger partial charge in [0.25, 0.3) is 0 Å². The van der Waals surface area contributed by atoms with Crippen LogP contribution in [0.2, 0.25) is 0 Å². The van der Waals surface area contributed by atoms with Crippen LogP contribution < -0.4 is 5.73 Å². The minimum Gasteiger partial charge on any atom is -0.383 e. The third kappa shape index (κ3) is 2.06. The van der Waals surface area contributed by atoms with Crippen molar-refractivity contribution in [3.63, 3.8) is 0 Å². The molecule has 0 spiro atoms. The Morgan fingerprint density at radius 3 is 2.69 bits per heavy atom. The van der Waals surface area contributed by atoms with E-state index in [0.717, 1.165) is 6.07 Å². The van der Waals surface area contributed by atoms with Crippen LogP contribution in [0.3, 0.4) is 0 Å². The highest BCUT2D eigenvalue weighted by molar-refractivity contribution is 9.10. The molecule has 0 saturated heterocycles. The van der Waals surface area contributed by atoms with Crippen molar-refractivity contribution in [1.29, 1.82) is 0 Å². The average Bonchev–Trinajstić information content (AvgIpc) is 2.54. The van der Waals surface area contributed by atoms with Crippen LogP contribution in [0.4, 0.5) is 14.6 Å². The van der Waals surface area contributed by atoms with E-state index in [1.807, 2.05) is 0 Å². The van der Waals surface area contributed by atoms with Gasteiger partial charge in [-0.3, -0.25) is 0 Å². The molecule has 0 aliphatic heterocycles. The van der Waals surface area contributed by atoms with E-state index in [4.69, 9.17) is 5.73 Å². The number of hydrogen-bond acceptors (Lipinski definition) is 2. The Hall–Kier alpha value is -1.43. The minimum atomic E-state index is -0.606. The minimum absolute atomic E-state index is 0.170. The number of benzene rings is 1. The molecule has 3 nitrogen and oxygen atoms in total. The molecule has 0 saturated carbocycles. The molecule has 2 aromatic rings. The third-order valence-electron chi connectivity index (χ3n) is 2.17. The summed E-state index contributed by atoms with van der Waals surface area (Å²) in [6.07, 6.45) is 1.52. The number of nitrogen functional groups attached to an aromatic ring is 1. The Balaban J connectivity index is 2.30. The highest BCUT2D eigenvalue weighted by atomic mass is 79.9. The van der Waals surface area contributed by atoms with Crippen molar-refractivity contribution in [2.75, 3.05) is 5.73 Å². The van der Waals surface area contributed by atoms with E-state index >= 15 is 0 Å². The summed E-state index contributed by atoms with van der Waals surface area (Å²) in [7, 11) is 0. The molecule has 0 aliphatic rings. The molecule has 1 aromatic carbocycles. The van der Waals surface area contributed by atoms with E-state index in [0.29, 0.717) is 15.9 Å². The second-order valence-electron chi connectivity index (χ2n) is 3.27. The summed E-state index contributed by atoms with van der Waals surface area (Å²) in [6.45, 7) is 0.170. The molecular weight excluding hydrogens is 280 g/mol.